The van der Waals surface area contributed by atoms with Crippen molar-refractivity contribution in [1.82, 2.24) is 10.2 Å². The monoisotopic (exact) mass is 350 g/mol. The molecule has 0 aromatic heterocycles. The van der Waals surface area contributed by atoms with Crippen LogP contribution in [0.25, 0.3) is 0 Å². The lowest BCUT2D eigenvalue weighted by Gasteiger charge is -2.29. The molecule has 0 spiro atoms. The van der Waals surface area contributed by atoms with Gasteiger partial charge in [-0.15, -0.1) is 0 Å². The molecule has 2 amide bonds. The molecule has 2 aromatic carbocycles. The molecule has 26 heavy (non-hydrogen) atoms. The van der Waals surface area contributed by atoms with Crippen LogP contribution in [0.3, 0.4) is 0 Å². The van der Waals surface area contributed by atoms with Gasteiger partial charge in [-0.1, -0.05) is 57.2 Å². The molecule has 0 atom stereocenters. The quantitative estimate of drug-likeness (QED) is 0.923. The minimum Gasteiger partial charge on any atom is -0.343 e. The fourth-order valence-electron chi connectivity index (χ4n) is 3.20. The van der Waals surface area contributed by atoms with E-state index in [-0.39, 0.29) is 23.8 Å². The fourth-order valence-corrected chi connectivity index (χ4v) is 3.20. The van der Waals surface area contributed by atoms with Crippen molar-refractivity contribution in [2.24, 2.45) is 0 Å². The van der Waals surface area contributed by atoms with Crippen LogP contribution in [0.4, 0.5) is 0 Å². The second kappa shape index (κ2) is 7.32. The number of nitrogens with one attached hydrogen (secondary N) is 1. The van der Waals surface area contributed by atoms with Gasteiger partial charge in [0, 0.05) is 18.7 Å². The maximum Gasteiger partial charge on any atom is 0.251 e. The van der Waals surface area contributed by atoms with Gasteiger partial charge >= 0.3 is 0 Å². The van der Waals surface area contributed by atoms with Gasteiger partial charge in [-0.05, 0) is 40.7 Å². The highest BCUT2D eigenvalue weighted by Crippen LogP contribution is 2.22. The van der Waals surface area contributed by atoms with Crippen LogP contribution in [0, 0.1) is 0 Å². The van der Waals surface area contributed by atoms with E-state index in [1.165, 1.54) is 16.7 Å². The Morgan fingerprint density at radius 1 is 1.00 bits per heavy atom. The van der Waals surface area contributed by atoms with Crippen molar-refractivity contribution in [3.63, 3.8) is 0 Å². The number of nitrogens with zero attached hydrogens (tertiary/aromatic N) is 1. The van der Waals surface area contributed by atoms with Crippen molar-refractivity contribution in [1.29, 1.82) is 0 Å². The van der Waals surface area contributed by atoms with Crippen LogP contribution >= 0.6 is 0 Å². The molecule has 0 radical (unpaired) electrons. The second-order valence-corrected chi connectivity index (χ2v) is 7.84. The van der Waals surface area contributed by atoms with E-state index >= 15 is 0 Å². The third kappa shape index (κ3) is 4.13. The first kappa shape index (κ1) is 18.2. The Balaban J connectivity index is 1.55. The Morgan fingerprint density at radius 3 is 2.31 bits per heavy atom. The molecule has 1 N–H and O–H groups in total. The summed E-state index contributed by atoms with van der Waals surface area (Å²) in [5.74, 6) is -0.254. The van der Waals surface area contributed by atoms with Crippen LogP contribution in [-0.4, -0.2) is 29.8 Å². The van der Waals surface area contributed by atoms with Gasteiger partial charge in [-0.25, -0.2) is 0 Å². The van der Waals surface area contributed by atoms with E-state index in [9.17, 15) is 9.59 Å². The van der Waals surface area contributed by atoms with Crippen LogP contribution < -0.4 is 5.32 Å². The van der Waals surface area contributed by atoms with E-state index in [1.54, 1.807) is 0 Å². The minimum absolute atomic E-state index is 0.0298. The highest BCUT2D eigenvalue weighted by molar-refractivity contribution is 5.96. The molecule has 0 aliphatic carbocycles. The zero-order valence-corrected chi connectivity index (χ0v) is 15.7. The van der Waals surface area contributed by atoms with Crippen molar-refractivity contribution in [2.75, 3.05) is 13.1 Å². The molecule has 3 rings (SSSR count). The largest absolute Gasteiger partial charge is 0.343 e. The highest BCUT2D eigenvalue weighted by Gasteiger charge is 2.21. The van der Waals surface area contributed by atoms with Gasteiger partial charge in [0.2, 0.25) is 5.91 Å². The topological polar surface area (TPSA) is 49.4 Å². The van der Waals surface area contributed by atoms with Crippen molar-refractivity contribution in [3.05, 3.63) is 70.8 Å². The molecule has 0 bridgehead atoms. The Kier molecular flexibility index (Phi) is 5.12. The average Bonchev–Trinajstić information content (AvgIpc) is 2.64. The molecular weight excluding hydrogens is 324 g/mol. The Hall–Kier alpha value is -2.62. The molecule has 4 heteroatoms. The molecule has 1 aliphatic rings. The number of amides is 2. The van der Waals surface area contributed by atoms with E-state index in [0.29, 0.717) is 18.7 Å². The van der Waals surface area contributed by atoms with Crippen molar-refractivity contribution < 1.29 is 9.59 Å². The maximum atomic E-state index is 12.4. The number of rotatable bonds is 3. The van der Waals surface area contributed by atoms with Gasteiger partial charge in [-0.3, -0.25) is 9.59 Å². The third-order valence-corrected chi connectivity index (χ3v) is 4.90. The second-order valence-electron chi connectivity index (χ2n) is 7.84. The Labute approximate surface area is 155 Å². The number of benzene rings is 2. The molecule has 2 aromatic rings. The number of fused-ring (bicyclic) bond motifs is 1. The summed E-state index contributed by atoms with van der Waals surface area (Å²) >= 11 is 0. The molecule has 0 unspecified atom stereocenters. The van der Waals surface area contributed by atoms with Crippen molar-refractivity contribution in [2.45, 2.75) is 39.2 Å². The molecule has 0 saturated carbocycles. The lowest BCUT2D eigenvalue weighted by molar-refractivity contribution is -0.131. The molecule has 136 valence electrons. The first-order valence-corrected chi connectivity index (χ1v) is 9.08. The maximum absolute atomic E-state index is 12.4. The Bertz CT molecular complexity index is 804. The summed E-state index contributed by atoms with van der Waals surface area (Å²) in [5.41, 5.74) is 4.30. The third-order valence-electron chi connectivity index (χ3n) is 4.90. The molecule has 1 aliphatic heterocycles. The molecule has 4 nitrogen and oxygen atoms in total. The fraction of sp³-hybridized carbons (Fsp3) is 0.364. The summed E-state index contributed by atoms with van der Waals surface area (Å²) in [6.45, 7) is 7.76. The zero-order chi connectivity index (χ0) is 18.7. The van der Waals surface area contributed by atoms with Gasteiger partial charge in [0.05, 0.1) is 6.54 Å². The van der Waals surface area contributed by atoms with Crippen LogP contribution in [0.2, 0.25) is 0 Å². The number of hydrogen-bond acceptors (Lipinski definition) is 2. The molecule has 0 fully saturated rings. The van der Waals surface area contributed by atoms with Gasteiger partial charge in [0.15, 0.2) is 0 Å². The number of hydrogen-bond donors (Lipinski definition) is 1. The van der Waals surface area contributed by atoms with Gasteiger partial charge in [0.25, 0.3) is 5.91 Å². The molecule has 0 saturated heterocycles. The lowest BCUT2D eigenvalue weighted by Crippen LogP contribution is -2.42. The standard InChI is InChI=1S/C22H26N2O2/c1-22(2,3)19-10-8-17(9-11-19)21(26)23-14-20(25)24-13-12-16-6-4-5-7-18(16)15-24/h4-11H,12-15H2,1-3H3,(H,23,26). The summed E-state index contributed by atoms with van der Waals surface area (Å²) in [7, 11) is 0. The minimum atomic E-state index is -0.212. The summed E-state index contributed by atoms with van der Waals surface area (Å²) in [6.07, 6.45) is 0.865. The van der Waals surface area contributed by atoms with Crippen LogP contribution in [0.5, 0.6) is 0 Å². The lowest BCUT2D eigenvalue weighted by atomic mass is 9.87. The first-order valence-electron chi connectivity index (χ1n) is 9.08. The predicted molar refractivity (Wildman–Crippen MR) is 103 cm³/mol. The predicted octanol–water partition coefficient (Wildman–Crippen LogP) is 3.30. The van der Waals surface area contributed by atoms with E-state index in [2.05, 4.69) is 38.2 Å². The number of carbonyl (C=O) groups excluding carboxylic acids is 2. The highest BCUT2D eigenvalue weighted by atomic mass is 16.2. The van der Waals surface area contributed by atoms with E-state index in [0.717, 1.165) is 6.42 Å². The number of carbonyl (C=O) groups is 2. The van der Waals surface area contributed by atoms with E-state index in [1.807, 2.05) is 41.3 Å². The molecular formula is C22H26N2O2. The summed E-state index contributed by atoms with van der Waals surface area (Å²) < 4.78 is 0. The smallest absolute Gasteiger partial charge is 0.251 e. The summed E-state index contributed by atoms with van der Waals surface area (Å²) in [4.78, 5) is 26.6. The SMILES string of the molecule is CC(C)(C)c1ccc(C(=O)NCC(=O)N2CCc3ccccc3C2)cc1. The van der Waals surface area contributed by atoms with Crippen LogP contribution in [0.15, 0.2) is 48.5 Å². The van der Waals surface area contributed by atoms with E-state index in [4.69, 9.17) is 0 Å². The van der Waals surface area contributed by atoms with E-state index < -0.39 is 0 Å². The van der Waals surface area contributed by atoms with Gasteiger partial charge in [0.1, 0.15) is 0 Å². The van der Waals surface area contributed by atoms with Crippen molar-refractivity contribution >= 4 is 11.8 Å². The first-order chi connectivity index (χ1) is 12.3. The Morgan fingerprint density at radius 2 is 1.65 bits per heavy atom. The van der Waals surface area contributed by atoms with Crippen LogP contribution in [0.1, 0.15) is 47.8 Å². The van der Waals surface area contributed by atoms with Crippen molar-refractivity contribution in [3.8, 4) is 0 Å². The summed E-state index contributed by atoms with van der Waals surface area (Å²) in [5, 5.41) is 2.75. The summed E-state index contributed by atoms with van der Waals surface area (Å²) in [6, 6.07) is 15.8. The van der Waals surface area contributed by atoms with Gasteiger partial charge in [-0.2, -0.15) is 0 Å². The normalized spacial score (nSPS) is 13.9. The van der Waals surface area contributed by atoms with Crippen LogP contribution in [-0.2, 0) is 23.2 Å². The zero-order valence-electron chi connectivity index (χ0n) is 15.7. The molecule has 1 heterocycles. The average molecular weight is 350 g/mol. The van der Waals surface area contributed by atoms with Gasteiger partial charge < -0.3 is 10.2 Å².